The number of carbonyl (C=O) groups is 1. The highest BCUT2D eigenvalue weighted by Crippen LogP contribution is 2.52. The van der Waals surface area contributed by atoms with Crippen LogP contribution < -0.4 is 0 Å². The Hall–Kier alpha value is 0.430. The quantitative estimate of drug-likeness (QED) is 0.586. The van der Waals surface area contributed by atoms with Gasteiger partial charge in [-0.05, 0) is 6.42 Å². The molecule has 2 atom stereocenters. The molecule has 0 heterocycles. The summed E-state index contributed by atoms with van der Waals surface area (Å²) < 4.78 is 5.07. The van der Waals surface area contributed by atoms with Crippen LogP contribution in [0.1, 0.15) is 13.3 Å². The molecule has 1 aliphatic rings. The monoisotopic (exact) mass is 284 g/mol. The largest absolute Gasteiger partial charge is 0.466 e. The van der Waals surface area contributed by atoms with E-state index in [0.717, 1.165) is 11.8 Å². The number of carbonyl (C=O) groups excluding carboxylic acids is 1. The van der Waals surface area contributed by atoms with Gasteiger partial charge in [0.25, 0.3) is 0 Å². The number of ether oxygens (including phenoxy) is 1. The Morgan fingerprint density at radius 1 is 1.82 bits per heavy atom. The minimum absolute atomic E-state index is 0.193. The Kier molecular flexibility index (Phi) is 2.97. The van der Waals surface area contributed by atoms with Gasteiger partial charge in [0.15, 0.2) is 0 Å². The molecule has 0 bridgehead atoms. The van der Waals surface area contributed by atoms with Crippen molar-refractivity contribution >= 4 is 37.8 Å². The molecule has 0 radical (unpaired) electrons. The lowest BCUT2D eigenvalue weighted by Crippen LogP contribution is -2.10. The van der Waals surface area contributed by atoms with Crippen molar-refractivity contribution in [2.24, 2.45) is 5.92 Å². The SMILES string of the molecule is CC(=O)OC[C@H]1CC1(Br)CBr. The highest BCUT2D eigenvalue weighted by Gasteiger charge is 2.51. The summed E-state index contributed by atoms with van der Waals surface area (Å²) in [6.45, 7) is 1.98. The second-order valence-electron chi connectivity index (χ2n) is 2.87. The normalized spacial score (nSPS) is 35.0. The fourth-order valence-corrected chi connectivity index (χ4v) is 2.15. The van der Waals surface area contributed by atoms with Crippen LogP contribution in [0.15, 0.2) is 0 Å². The topological polar surface area (TPSA) is 26.3 Å². The van der Waals surface area contributed by atoms with E-state index in [4.69, 9.17) is 4.74 Å². The van der Waals surface area contributed by atoms with Gasteiger partial charge in [-0.3, -0.25) is 4.79 Å². The molecule has 4 heteroatoms. The molecule has 64 valence electrons. The Morgan fingerprint density at radius 3 is 2.82 bits per heavy atom. The van der Waals surface area contributed by atoms with Crippen LogP contribution in [-0.2, 0) is 9.53 Å². The van der Waals surface area contributed by atoms with Crippen LogP contribution in [0.2, 0.25) is 0 Å². The molecule has 1 saturated carbocycles. The predicted molar refractivity (Wildman–Crippen MR) is 50.2 cm³/mol. The molecule has 0 aromatic rings. The summed E-state index contributed by atoms with van der Waals surface area (Å²) >= 11 is 6.96. The summed E-state index contributed by atoms with van der Waals surface area (Å²) in [5.41, 5.74) is 0. The van der Waals surface area contributed by atoms with Crippen molar-refractivity contribution in [1.82, 2.24) is 0 Å². The highest BCUT2D eigenvalue weighted by molar-refractivity contribution is 9.12. The molecule has 0 aromatic heterocycles. The average molecular weight is 286 g/mol. The van der Waals surface area contributed by atoms with Crippen LogP contribution in [0, 0.1) is 5.92 Å². The van der Waals surface area contributed by atoms with Crippen molar-refractivity contribution in [1.29, 1.82) is 0 Å². The maximum atomic E-state index is 10.4. The average Bonchev–Trinajstić information content (AvgIpc) is 2.59. The van der Waals surface area contributed by atoms with Crippen LogP contribution in [0.25, 0.3) is 0 Å². The lowest BCUT2D eigenvalue weighted by atomic mass is 10.4. The molecule has 0 N–H and O–H groups in total. The molecule has 0 aliphatic heterocycles. The molecular weight excluding hydrogens is 276 g/mol. The van der Waals surface area contributed by atoms with Crippen LogP contribution in [0.5, 0.6) is 0 Å². The van der Waals surface area contributed by atoms with Crippen LogP contribution >= 0.6 is 31.9 Å². The van der Waals surface area contributed by atoms with Gasteiger partial charge < -0.3 is 4.74 Å². The number of halogens is 2. The Labute approximate surface area is 82.9 Å². The molecule has 1 fully saturated rings. The van der Waals surface area contributed by atoms with Gasteiger partial charge in [0.2, 0.25) is 0 Å². The first-order valence-electron chi connectivity index (χ1n) is 3.47. The lowest BCUT2D eigenvalue weighted by Gasteiger charge is -2.03. The van der Waals surface area contributed by atoms with Gasteiger partial charge in [-0.25, -0.2) is 0 Å². The van der Waals surface area contributed by atoms with E-state index in [2.05, 4.69) is 31.9 Å². The molecule has 0 amide bonds. The summed E-state index contributed by atoms with van der Waals surface area (Å²) in [6.07, 6.45) is 1.09. The van der Waals surface area contributed by atoms with Crippen molar-refractivity contribution < 1.29 is 9.53 Å². The van der Waals surface area contributed by atoms with E-state index in [0.29, 0.717) is 12.5 Å². The van der Waals surface area contributed by atoms with Gasteiger partial charge in [-0.15, -0.1) is 0 Å². The van der Waals surface area contributed by atoms with E-state index < -0.39 is 0 Å². The van der Waals surface area contributed by atoms with Crippen LogP contribution in [0.4, 0.5) is 0 Å². The second-order valence-corrected chi connectivity index (χ2v) is 5.01. The van der Waals surface area contributed by atoms with Crippen molar-refractivity contribution in [2.75, 3.05) is 11.9 Å². The van der Waals surface area contributed by atoms with E-state index in [1.54, 1.807) is 0 Å². The van der Waals surface area contributed by atoms with Gasteiger partial charge in [-0.1, -0.05) is 31.9 Å². The van der Waals surface area contributed by atoms with E-state index >= 15 is 0 Å². The molecule has 1 unspecified atom stereocenters. The van der Waals surface area contributed by atoms with Gasteiger partial charge >= 0.3 is 5.97 Å². The zero-order valence-corrected chi connectivity index (χ0v) is 9.44. The van der Waals surface area contributed by atoms with E-state index in [1.807, 2.05) is 0 Å². The number of rotatable bonds is 3. The molecule has 0 aromatic carbocycles. The zero-order valence-electron chi connectivity index (χ0n) is 6.27. The summed E-state index contributed by atoms with van der Waals surface area (Å²) in [4.78, 5) is 10.4. The minimum Gasteiger partial charge on any atom is -0.466 e. The van der Waals surface area contributed by atoms with Gasteiger partial charge in [0.1, 0.15) is 0 Å². The Balaban J connectivity index is 2.18. The van der Waals surface area contributed by atoms with Crippen LogP contribution in [0.3, 0.4) is 0 Å². The lowest BCUT2D eigenvalue weighted by molar-refractivity contribution is -0.141. The Morgan fingerprint density at radius 2 is 2.45 bits per heavy atom. The van der Waals surface area contributed by atoms with Crippen molar-refractivity contribution in [3.8, 4) is 0 Å². The molecular formula is C7H10Br2O2. The maximum absolute atomic E-state index is 10.4. The standard InChI is InChI=1S/C7H10Br2O2/c1-5(10)11-3-6-2-7(6,9)4-8/h6H,2-4H2,1H3/t6-,7?/m1/s1. The van der Waals surface area contributed by atoms with Crippen molar-refractivity contribution in [3.05, 3.63) is 0 Å². The number of hydrogen-bond donors (Lipinski definition) is 0. The third-order valence-electron chi connectivity index (χ3n) is 1.87. The summed E-state index contributed by atoms with van der Waals surface area (Å²) in [5, 5.41) is 0.923. The highest BCUT2D eigenvalue weighted by atomic mass is 79.9. The van der Waals surface area contributed by atoms with Gasteiger partial charge in [0.05, 0.1) is 6.61 Å². The summed E-state index contributed by atoms with van der Waals surface area (Å²) in [6, 6.07) is 0. The fraction of sp³-hybridized carbons (Fsp3) is 0.857. The fourth-order valence-electron chi connectivity index (χ4n) is 0.941. The van der Waals surface area contributed by atoms with Crippen molar-refractivity contribution in [2.45, 2.75) is 17.7 Å². The van der Waals surface area contributed by atoms with E-state index in [-0.39, 0.29) is 10.3 Å². The maximum Gasteiger partial charge on any atom is 0.302 e. The number of hydrogen-bond acceptors (Lipinski definition) is 2. The molecule has 0 spiro atoms. The summed E-state index contributed by atoms with van der Waals surface area (Å²) in [7, 11) is 0. The van der Waals surface area contributed by atoms with E-state index in [1.165, 1.54) is 6.92 Å². The van der Waals surface area contributed by atoms with Crippen LogP contribution in [-0.4, -0.2) is 22.2 Å². The Bertz CT molecular complexity index is 172. The zero-order chi connectivity index (χ0) is 8.48. The first kappa shape index (κ1) is 9.52. The summed E-state index contributed by atoms with van der Waals surface area (Å²) in [5.74, 6) is 0.298. The van der Waals surface area contributed by atoms with Crippen molar-refractivity contribution in [3.63, 3.8) is 0 Å². The van der Waals surface area contributed by atoms with Gasteiger partial charge in [-0.2, -0.15) is 0 Å². The molecule has 1 rings (SSSR count). The molecule has 2 nitrogen and oxygen atoms in total. The first-order chi connectivity index (χ1) is 5.08. The predicted octanol–water partition coefficient (Wildman–Crippen LogP) is 2.10. The second kappa shape index (κ2) is 3.44. The first-order valence-corrected chi connectivity index (χ1v) is 5.38. The minimum atomic E-state index is -0.193. The number of esters is 1. The van der Waals surface area contributed by atoms with E-state index in [9.17, 15) is 4.79 Å². The number of alkyl halides is 2. The molecule has 1 aliphatic carbocycles. The molecule has 0 saturated heterocycles. The smallest absolute Gasteiger partial charge is 0.302 e. The van der Waals surface area contributed by atoms with Gasteiger partial charge in [0, 0.05) is 22.5 Å². The third kappa shape index (κ3) is 2.44. The third-order valence-corrected chi connectivity index (χ3v) is 4.87. The molecule has 11 heavy (non-hydrogen) atoms.